The molecule has 1 N–H and O–H groups in total. The third-order valence-corrected chi connectivity index (χ3v) is 10.2. The maximum atomic E-state index is 13.1. The number of nitrogens with zero attached hydrogens (tertiary/aromatic N) is 9. The highest BCUT2D eigenvalue weighted by Gasteiger charge is 2.24. The number of hydrogen-bond acceptors (Lipinski definition) is 7. The Bertz CT molecular complexity index is 2430. The Hall–Kier alpha value is -4.57. The van der Waals surface area contributed by atoms with Crippen LogP contribution in [0.25, 0.3) is 55.1 Å². The number of H-pyrrole nitrogens is 1. The summed E-state index contributed by atoms with van der Waals surface area (Å²) in [6.45, 7) is 1.92. The minimum Gasteiger partial charge on any atom is -0.305 e. The third-order valence-electron chi connectivity index (χ3n) is 7.35. The number of aromatic nitrogens is 10. The first-order valence-electron chi connectivity index (χ1n) is 13.2. The molecule has 0 atom stereocenters. The van der Waals surface area contributed by atoms with Gasteiger partial charge in [-0.25, -0.2) is 27.3 Å². The molecule has 8 rings (SSSR count). The maximum Gasteiger partial charge on any atom is 0.270 e. The van der Waals surface area contributed by atoms with Gasteiger partial charge in [-0.3, -0.25) is 14.0 Å². The number of aryl methyl sites for hydroxylation is 4. The van der Waals surface area contributed by atoms with Crippen molar-refractivity contribution in [1.82, 2.24) is 48.3 Å². The molecule has 12 nitrogen and oxygen atoms in total. The summed E-state index contributed by atoms with van der Waals surface area (Å²) in [5, 5.41) is 15.4. The average molecular weight is 705 g/mol. The van der Waals surface area contributed by atoms with Gasteiger partial charge < -0.3 is 5.10 Å². The SMILES string of the molecule is Cc1ccc(S(=O)(=O)n2c(I)cc3c4c(cnc32)cnn4C)cc1.Cn1cc(-c2cc3c(ncc4c[nH]n(C)c43)n2)cn1. The molecule has 0 fully saturated rings. The number of hydrogen-bond donors (Lipinski definition) is 1. The summed E-state index contributed by atoms with van der Waals surface area (Å²) in [5.74, 6) is 0. The molecule has 0 amide bonds. The van der Waals surface area contributed by atoms with Crippen molar-refractivity contribution in [2.75, 3.05) is 0 Å². The molecule has 0 aliphatic rings. The van der Waals surface area contributed by atoms with Crippen molar-refractivity contribution < 1.29 is 8.42 Å². The van der Waals surface area contributed by atoms with Crippen molar-refractivity contribution in [2.24, 2.45) is 21.1 Å². The number of halogens is 1. The summed E-state index contributed by atoms with van der Waals surface area (Å²) in [5.41, 5.74) is 6.09. The largest absolute Gasteiger partial charge is 0.305 e. The lowest BCUT2D eigenvalue weighted by Crippen LogP contribution is -2.15. The molecule has 0 radical (unpaired) electrons. The van der Waals surface area contributed by atoms with E-state index in [1.165, 1.54) is 3.97 Å². The van der Waals surface area contributed by atoms with Gasteiger partial charge in [0.25, 0.3) is 10.0 Å². The summed E-state index contributed by atoms with van der Waals surface area (Å²) in [4.78, 5) is 13.6. The first-order chi connectivity index (χ1) is 20.6. The van der Waals surface area contributed by atoms with Crippen LogP contribution in [0, 0.1) is 10.6 Å². The Morgan fingerprint density at radius 2 is 1.63 bits per heavy atom. The van der Waals surface area contributed by atoms with E-state index in [0.29, 0.717) is 9.35 Å². The first kappa shape index (κ1) is 27.3. The maximum absolute atomic E-state index is 13.1. The molecule has 0 bridgehead atoms. The number of benzene rings is 1. The summed E-state index contributed by atoms with van der Waals surface area (Å²) in [6.07, 6.45) is 10.9. The number of nitrogens with one attached hydrogen (secondary N) is 1. The lowest BCUT2D eigenvalue weighted by atomic mass is 10.2. The van der Waals surface area contributed by atoms with Gasteiger partial charge >= 0.3 is 0 Å². The molecule has 0 saturated heterocycles. The molecular formula is C29H25IN10O2S. The van der Waals surface area contributed by atoms with Gasteiger partial charge in [0.2, 0.25) is 0 Å². The van der Waals surface area contributed by atoms with Crippen LogP contribution in [0.5, 0.6) is 0 Å². The van der Waals surface area contributed by atoms with Crippen LogP contribution in [-0.2, 0) is 31.2 Å². The fourth-order valence-electron chi connectivity index (χ4n) is 5.24. The van der Waals surface area contributed by atoms with Gasteiger partial charge in [0.1, 0.15) is 0 Å². The summed E-state index contributed by atoms with van der Waals surface area (Å²) >= 11 is 2.03. The Balaban J connectivity index is 0.000000143. The van der Waals surface area contributed by atoms with Gasteiger partial charge in [-0.1, -0.05) is 17.7 Å². The van der Waals surface area contributed by atoms with Gasteiger partial charge in [-0.15, -0.1) is 0 Å². The molecule has 1 aromatic carbocycles. The molecule has 216 valence electrons. The number of aromatic amines is 1. The summed E-state index contributed by atoms with van der Waals surface area (Å²) in [7, 11) is 2.00. The molecule has 0 unspecified atom stereocenters. The average Bonchev–Trinajstić information content (AvgIpc) is 3.79. The summed E-state index contributed by atoms with van der Waals surface area (Å²) in [6, 6.07) is 10.7. The quantitative estimate of drug-likeness (QED) is 0.258. The molecule has 0 aliphatic carbocycles. The number of pyridine rings is 2. The fraction of sp³-hybridized carbons (Fsp3) is 0.138. The second-order valence-electron chi connectivity index (χ2n) is 10.3. The molecule has 7 heterocycles. The Labute approximate surface area is 259 Å². The monoisotopic (exact) mass is 704 g/mol. The smallest absolute Gasteiger partial charge is 0.270 e. The zero-order valence-corrected chi connectivity index (χ0v) is 26.5. The van der Waals surface area contributed by atoms with E-state index in [2.05, 4.69) is 36.3 Å². The van der Waals surface area contributed by atoms with E-state index in [0.717, 1.165) is 55.0 Å². The minimum absolute atomic E-state index is 0.246. The molecule has 0 saturated carbocycles. The Kier molecular flexibility index (Phi) is 6.35. The van der Waals surface area contributed by atoms with Crippen LogP contribution >= 0.6 is 22.6 Å². The van der Waals surface area contributed by atoms with Crippen LogP contribution in [-0.4, -0.2) is 56.7 Å². The van der Waals surface area contributed by atoms with E-state index < -0.39 is 10.0 Å². The fourth-order valence-corrected chi connectivity index (χ4v) is 7.91. The molecule has 8 aromatic rings. The Morgan fingerprint density at radius 1 is 0.860 bits per heavy atom. The van der Waals surface area contributed by atoms with Gasteiger partial charge in [0, 0.05) is 73.0 Å². The second-order valence-corrected chi connectivity index (χ2v) is 13.2. The normalized spacial score (nSPS) is 12.0. The number of rotatable bonds is 3. The van der Waals surface area contributed by atoms with Crippen LogP contribution in [0.3, 0.4) is 0 Å². The van der Waals surface area contributed by atoms with Gasteiger partial charge in [-0.2, -0.15) is 10.2 Å². The van der Waals surface area contributed by atoms with Gasteiger partial charge in [-0.05, 0) is 53.8 Å². The minimum atomic E-state index is -3.72. The van der Waals surface area contributed by atoms with Crippen LogP contribution in [0.4, 0.5) is 0 Å². The van der Waals surface area contributed by atoms with Crippen LogP contribution < -0.4 is 0 Å². The van der Waals surface area contributed by atoms with E-state index in [9.17, 15) is 8.42 Å². The first-order valence-corrected chi connectivity index (χ1v) is 15.7. The van der Waals surface area contributed by atoms with Crippen molar-refractivity contribution in [3.63, 3.8) is 0 Å². The van der Waals surface area contributed by atoms with Crippen LogP contribution in [0.1, 0.15) is 5.56 Å². The van der Waals surface area contributed by atoms with E-state index in [-0.39, 0.29) is 4.90 Å². The standard InChI is InChI=1S/C16H13IN4O2S.C13H12N6/c1-10-3-5-12(6-4-10)24(22,23)21-14(17)7-13-15-11(8-18-16(13)21)9-19-20(15)2;1-18-7-9(6-15-18)11-3-10-12-8(5-16-19(12)2)4-14-13(10)17-11/h3-9H,1-2H3;3-7,16H,1-2H3. The predicted molar refractivity (Wildman–Crippen MR) is 173 cm³/mol. The molecular weight excluding hydrogens is 679 g/mol. The van der Waals surface area contributed by atoms with E-state index in [1.807, 2.05) is 86.2 Å². The Morgan fingerprint density at radius 3 is 2.37 bits per heavy atom. The summed E-state index contributed by atoms with van der Waals surface area (Å²) < 4.78 is 33.6. The third kappa shape index (κ3) is 4.48. The lowest BCUT2D eigenvalue weighted by molar-refractivity contribution is 0.588. The molecule has 0 spiro atoms. The highest BCUT2D eigenvalue weighted by Crippen LogP contribution is 2.31. The van der Waals surface area contributed by atoms with Crippen LogP contribution in [0.15, 0.2) is 78.5 Å². The van der Waals surface area contributed by atoms with Crippen molar-refractivity contribution >= 4 is 76.5 Å². The predicted octanol–water partition coefficient (Wildman–Crippen LogP) is 4.92. The molecule has 7 aromatic heterocycles. The molecule has 0 aliphatic heterocycles. The van der Waals surface area contributed by atoms with E-state index in [4.69, 9.17) is 0 Å². The lowest BCUT2D eigenvalue weighted by Gasteiger charge is -2.09. The molecule has 14 heteroatoms. The van der Waals surface area contributed by atoms with Crippen molar-refractivity contribution in [3.05, 3.63) is 82.8 Å². The highest BCUT2D eigenvalue weighted by atomic mass is 127. The topological polar surface area (TPSA) is 134 Å². The van der Waals surface area contributed by atoms with Crippen LogP contribution in [0.2, 0.25) is 0 Å². The van der Waals surface area contributed by atoms with Crippen molar-refractivity contribution in [3.8, 4) is 11.3 Å². The van der Waals surface area contributed by atoms with Crippen molar-refractivity contribution in [2.45, 2.75) is 11.8 Å². The highest BCUT2D eigenvalue weighted by molar-refractivity contribution is 14.1. The zero-order valence-electron chi connectivity index (χ0n) is 23.6. The second kappa shape index (κ2) is 10.0. The number of fused-ring (bicyclic) bond motifs is 6. The van der Waals surface area contributed by atoms with E-state index >= 15 is 0 Å². The molecule has 43 heavy (non-hydrogen) atoms. The van der Waals surface area contributed by atoms with Gasteiger partial charge in [0.15, 0.2) is 11.3 Å². The van der Waals surface area contributed by atoms with Crippen molar-refractivity contribution in [1.29, 1.82) is 0 Å². The zero-order chi connectivity index (χ0) is 30.0. The van der Waals surface area contributed by atoms with E-state index in [1.54, 1.807) is 46.0 Å². The van der Waals surface area contributed by atoms with Gasteiger partial charge in [0.05, 0.1) is 37.7 Å².